The number of aromatic nitrogens is 1. The number of piperidine rings is 1. The number of carbonyl (C=O) groups excluding carboxylic acids is 3. The van der Waals surface area contributed by atoms with Crippen molar-refractivity contribution in [3.05, 3.63) is 71.4 Å². The Bertz CT molecular complexity index is 1640. The normalized spacial score (nSPS) is 36.4. The molecule has 8 unspecified atom stereocenters. The third kappa shape index (κ3) is 3.86. The van der Waals surface area contributed by atoms with E-state index in [-0.39, 0.29) is 30.1 Å². The van der Waals surface area contributed by atoms with Gasteiger partial charge in [0, 0.05) is 42.4 Å². The number of fused-ring (bicyclic) bond motifs is 5. The lowest BCUT2D eigenvalue weighted by molar-refractivity contribution is -0.915. The van der Waals surface area contributed by atoms with E-state index in [0.717, 1.165) is 17.5 Å². The van der Waals surface area contributed by atoms with Crippen LogP contribution in [0.4, 0.5) is 0 Å². The number of hydrogen-bond donors (Lipinski definition) is 4. The number of aromatic amines is 1. The van der Waals surface area contributed by atoms with Gasteiger partial charge in [0.2, 0.25) is 17.5 Å². The maximum absolute atomic E-state index is 14.2. The van der Waals surface area contributed by atoms with Gasteiger partial charge < -0.3 is 25.2 Å². The molecule has 4 aliphatic heterocycles. The molecule has 4 N–H and O–H groups in total. The van der Waals surface area contributed by atoms with E-state index in [1.54, 1.807) is 4.90 Å². The van der Waals surface area contributed by atoms with Gasteiger partial charge in [-0.15, -0.1) is 0 Å². The number of quaternary nitrogens is 1. The molecule has 3 aromatic rings. The van der Waals surface area contributed by atoms with Crippen LogP contribution in [0, 0.1) is 5.92 Å². The fourth-order valence-electron chi connectivity index (χ4n) is 8.81. The second-order valence-corrected chi connectivity index (χ2v) is 13.3. The molecule has 8 rings (SSSR count). The largest absolute Gasteiger partial charge is 0.361 e. The molecule has 5 aliphatic rings. The molecule has 2 aromatic carbocycles. The quantitative estimate of drug-likeness (QED) is 0.360. The van der Waals surface area contributed by atoms with Gasteiger partial charge in [0.15, 0.2) is 0 Å². The van der Waals surface area contributed by atoms with E-state index < -0.39 is 29.6 Å². The highest BCUT2D eigenvalue weighted by atomic mass is 16.7. The van der Waals surface area contributed by atoms with Gasteiger partial charge in [0.05, 0.1) is 25.6 Å². The Balaban J connectivity index is 1.08. The SMILES string of the molecule is C[NH+]1CC(C(=O)NC2(C)OC3(O)C4CCCN4C(=O)C(Cc4ccccc4)N3C2=O)CC2c3cccc4[nH]cc(c34)CC21. The van der Waals surface area contributed by atoms with Gasteiger partial charge in [-0.1, -0.05) is 42.5 Å². The summed E-state index contributed by atoms with van der Waals surface area (Å²) in [5.41, 5.74) is 2.80. The van der Waals surface area contributed by atoms with Crippen LogP contribution in [0.5, 0.6) is 0 Å². The van der Waals surface area contributed by atoms with Crippen molar-refractivity contribution >= 4 is 28.6 Å². The summed E-state index contributed by atoms with van der Waals surface area (Å²) in [7, 11) is 2.14. The number of likely N-dealkylation sites (N-methyl/N-ethyl adjacent to an activating group) is 1. The molecular formula is C33H38N5O5+. The van der Waals surface area contributed by atoms with E-state index in [1.165, 1.54) is 33.2 Å². The van der Waals surface area contributed by atoms with Crippen LogP contribution in [0.25, 0.3) is 10.9 Å². The topological polar surface area (TPSA) is 119 Å². The predicted molar refractivity (Wildman–Crippen MR) is 156 cm³/mol. The van der Waals surface area contributed by atoms with E-state index >= 15 is 0 Å². The summed E-state index contributed by atoms with van der Waals surface area (Å²) in [6.07, 6.45) is 5.21. The maximum atomic E-state index is 14.2. The number of piperazine rings is 1. The minimum absolute atomic E-state index is 0.192. The molecule has 1 aliphatic carbocycles. The van der Waals surface area contributed by atoms with E-state index in [2.05, 4.69) is 41.7 Å². The first-order valence-electron chi connectivity index (χ1n) is 15.5. The number of amides is 3. The first-order valence-corrected chi connectivity index (χ1v) is 15.5. The van der Waals surface area contributed by atoms with E-state index in [1.807, 2.05) is 30.3 Å². The number of carbonyl (C=O) groups is 3. The summed E-state index contributed by atoms with van der Waals surface area (Å²) in [5.74, 6) is -3.20. The van der Waals surface area contributed by atoms with Gasteiger partial charge in [-0.2, -0.15) is 0 Å². The van der Waals surface area contributed by atoms with Crippen LogP contribution in [0.15, 0.2) is 54.7 Å². The van der Waals surface area contributed by atoms with Gasteiger partial charge in [-0.25, -0.2) is 0 Å². The van der Waals surface area contributed by atoms with Crippen LogP contribution in [0.3, 0.4) is 0 Å². The smallest absolute Gasteiger partial charge is 0.280 e. The Hall–Kier alpha value is -3.73. The molecule has 10 nitrogen and oxygen atoms in total. The van der Waals surface area contributed by atoms with Crippen molar-refractivity contribution in [2.75, 3.05) is 20.1 Å². The highest BCUT2D eigenvalue weighted by Gasteiger charge is 2.70. The predicted octanol–water partition coefficient (Wildman–Crippen LogP) is 0.664. The number of rotatable bonds is 4. The van der Waals surface area contributed by atoms with E-state index in [4.69, 9.17) is 4.74 Å². The van der Waals surface area contributed by atoms with E-state index in [0.29, 0.717) is 38.4 Å². The summed E-state index contributed by atoms with van der Waals surface area (Å²) < 4.78 is 6.26. The second kappa shape index (κ2) is 9.38. The van der Waals surface area contributed by atoms with Crippen molar-refractivity contribution in [2.45, 2.75) is 74.7 Å². The molecule has 0 saturated carbocycles. The van der Waals surface area contributed by atoms with Crippen molar-refractivity contribution in [3.63, 3.8) is 0 Å². The third-order valence-electron chi connectivity index (χ3n) is 10.8. The Kier molecular flexibility index (Phi) is 5.86. The number of aliphatic hydroxyl groups is 1. The molecule has 10 heteroatoms. The third-order valence-corrected chi connectivity index (χ3v) is 10.8. The Labute approximate surface area is 250 Å². The number of benzene rings is 2. The summed E-state index contributed by atoms with van der Waals surface area (Å²) in [6, 6.07) is 14.6. The van der Waals surface area contributed by atoms with Crippen molar-refractivity contribution in [3.8, 4) is 0 Å². The average molecular weight is 585 g/mol. The highest BCUT2D eigenvalue weighted by Crippen LogP contribution is 2.46. The molecular weight excluding hydrogens is 546 g/mol. The number of likely N-dealkylation sites (tertiary alicyclic amines) is 1. The average Bonchev–Trinajstić information content (AvgIpc) is 3.70. The van der Waals surface area contributed by atoms with Gasteiger partial charge in [-0.05, 0) is 48.9 Å². The van der Waals surface area contributed by atoms with E-state index in [9.17, 15) is 19.5 Å². The van der Waals surface area contributed by atoms with Crippen LogP contribution in [0.2, 0.25) is 0 Å². The summed E-state index contributed by atoms with van der Waals surface area (Å²) in [4.78, 5) is 49.5. The minimum Gasteiger partial charge on any atom is -0.361 e. The van der Waals surface area contributed by atoms with Crippen molar-refractivity contribution in [1.29, 1.82) is 0 Å². The van der Waals surface area contributed by atoms with Crippen LogP contribution in [-0.4, -0.2) is 87.5 Å². The van der Waals surface area contributed by atoms with Crippen molar-refractivity contribution in [2.24, 2.45) is 5.92 Å². The van der Waals surface area contributed by atoms with Crippen LogP contribution >= 0.6 is 0 Å². The summed E-state index contributed by atoms with van der Waals surface area (Å²) in [5, 5.41) is 16.3. The monoisotopic (exact) mass is 584 g/mol. The Morgan fingerprint density at radius 2 is 2.00 bits per heavy atom. The fraction of sp³-hybridized carbons (Fsp3) is 0.485. The lowest BCUT2D eigenvalue weighted by Crippen LogP contribution is -3.16. The molecule has 8 atom stereocenters. The number of nitrogens with one attached hydrogen (secondary N) is 3. The zero-order chi connectivity index (χ0) is 29.7. The molecule has 4 saturated heterocycles. The van der Waals surface area contributed by atoms with Crippen molar-refractivity contribution < 1.29 is 29.1 Å². The lowest BCUT2D eigenvalue weighted by atomic mass is 9.72. The molecule has 3 amide bonds. The van der Waals surface area contributed by atoms with Crippen LogP contribution in [0.1, 0.15) is 48.8 Å². The van der Waals surface area contributed by atoms with Gasteiger partial charge in [-0.3, -0.25) is 24.0 Å². The summed E-state index contributed by atoms with van der Waals surface area (Å²) in [6.45, 7) is 2.65. The maximum Gasteiger partial charge on any atom is 0.280 e. The lowest BCUT2D eigenvalue weighted by Gasteiger charge is -2.48. The molecule has 0 radical (unpaired) electrons. The standard InChI is InChI=1S/C33H37N5O5/c1-32(35-29(39)21-15-23-22-10-6-11-24-28(22)20(17-34-24)16-25(23)36(2)18-21)31(41)38-26(14-19-8-4-3-5-9-19)30(40)37-13-7-12-27(37)33(38,42)43-32/h3-6,8-11,17,21,23,25-27,34,42H,7,12-16,18H2,1-2H3,(H,35,39)/p+1. The van der Waals surface area contributed by atoms with Crippen molar-refractivity contribution in [1.82, 2.24) is 20.1 Å². The molecule has 224 valence electrons. The molecule has 43 heavy (non-hydrogen) atoms. The van der Waals surface area contributed by atoms with Crippen LogP contribution < -0.4 is 10.2 Å². The fourth-order valence-corrected chi connectivity index (χ4v) is 8.81. The highest BCUT2D eigenvalue weighted by molar-refractivity contribution is 5.97. The number of ether oxygens (including phenoxy) is 1. The van der Waals surface area contributed by atoms with Gasteiger partial charge in [0.1, 0.15) is 12.1 Å². The first kappa shape index (κ1) is 26.9. The van der Waals surface area contributed by atoms with Gasteiger partial charge >= 0.3 is 0 Å². The number of hydrogen-bond acceptors (Lipinski definition) is 5. The first-order chi connectivity index (χ1) is 20.7. The van der Waals surface area contributed by atoms with Crippen LogP contribution in [-0.2, 0) is 32.0 Å². The number of H-pyrrole nitrogens is 1. The zero-order valence-electron chi connectivity index (χ0n) is 24.5. The Morgan fingerprint density at radius 3 is 2.81 bits per heavy atom. The second-order valence-electron chi connectivity index (χ2n) is 13.3. The zero-order valence-corrected chi connectivity index (χ0v) is 24.5. The molecule has 1 aromatic heterocycles. The minimum atomic E-state index is -2.02. The molecule has 5 heterocycles. The van der Waals surface area contributed by atoms with Gasteiger partial charge in [0.25, 0.3) is 11.8 Å². The molecule has 4 fully saturated rings. The molecule has 0 bridgehead atoms. The Morgan fingerprint density at radius 1 is 1.19 bits per heavy atom. The molecule has 0 spiro atoms. The number of nitrogens with zero attached hydrogens (tertiary/aromatic N) is 2. The summed E-state index contributed by atoms with van der Waals surface area (Å²) >= 11 is 0.